The van der Waals surface area contributed by atoms with Gasteiger partial charge in [0.1, 0.15) is 0 Å². The Bertz CT molecular complexity index is 2330. The molecule has 0 aromatic heterocycles. The fraction of sp³-hybridized carbons (Fsp3) is 0.0270. The molecule has 2 heteroatoms. The van der Waals surface area contributed by atoms with Gasteiger partial charge in [0.2, 0.25) is 0 Å². The Morgan fingerprint density at radius 1 is 0.436 bits per heavy atom. The van der Waals surface area contributed by atoms with Crippen molar-refractivity contribution in [2.75, 3.05) is 17.3 Å². The van der Waals surface area contributed by atoms with Crippen LogP contribution < -0.4 is 10.2 Å². The number of hydrogen-bond acceptors (Lipinski definition) is 2. The van der Waals surface area contributed by atoms with Crippen molar-refractivity contribution in [1.29, 1.82) is 0 Å². The molecular weight excluding hydrogens is 472 g/mol. The van der Waals surface area contributed by atoms with Crippen LogP contribution in [-0.2, 0) is 0 Å². The summed E-state index contributed by atoms with van der Waals surface area (Å²) in [5, 5.41) is 19.3. The monoisotopic (exact) mass is 496 g/mol. The Labute approximate surface area is 225 Å². The normalized spacial score (nSPS) is 12.9. The molecule has 0 saturated carbocycles. The third-order valence-electron chi connectivity index (χ3n) is 8.69. The van der Waals surface area contributed by atoms with E-state index in [9.17, 15) is 0 Å². The third kappa shape index (κ3) is 2.70. The summed E-state index contributed by atoms with van der Waals surface area (Å²) in [6.45, 7) is 0. The van der Waals surface area contributed by atoms with Gasteiger partial charge in [-0.1, -0.05) is 109 Å². The predicted molar refractivity (Wildman–Crippen MR) is 169 cm³/mol. The third-order valence-corrected chi connectivity index (χ3v) is 8.69. The molecule has 0 bridgehead atoms. The molecule has 1 heterocycles. The molecule has 1 N–H and O–H groups in total. The zero-order valence-corrected chi connectivity index (χ0v) is 21.5. The van der Waals surface area contributed by atoms with Gasteiger partial charge in [0.25, 0.3) is 0 Å². The molecule has 0 aliphatic carbocycles. The summed E-state index contributed by atoms with van der Waals surface area (Å²) in [6.07, 6.45) is 0. The second-order valence-corrected chi connectivity index (χ2v) is 10.7. The van der Waals surface area contributed by atoms with E-state index in [1.807, 2.05) is 0 Å². The van der Waals surface area contributed by atoms with Crippen LogP contribution in [0, 0.1) is 0 Å². The highest BCUT2D eigenvalue weighted by molar-refractivity contribution is 6.39. The van der Waals surface area contributed by atoms with Crippen molar-refractivity contribution in [3.05, 3.63) is 121 Å². The lowest BCUT2D eigenvalue weighted by atomic mass is 9.86. The molecule has 182 valence electrons. The average Bonchev–Trinajstić information content (AvgIpc) is 3.00. The second-order valence-electron chi connectivity index (χ2n) is 10.7. The van der Waals surface area contributed by atoms with E-state index in [-0.39, 0.29) is 0 Å². The summed E-state index contributed by atoms with van der Waals surface area (Å²) >= 11 is 0. The highest BCUT2D eigenvalue weighted by atomic mass is 15.2. The zero-order chi connectivity index (χ0) is 25.7. The quantitative estimate of drug-likeness (QED) is 0.210. The second kappa shape index (κ2) is 7.49. The molecule has 0 radical (unpaired) electrons. The van der Waals surface area contributed by atoms with Crippen molar-refractivity contribution < 1.29 is 0 Å². The summed E-state index contributed by atoms with van der Waals surface area (Å²) in [7, 11) is 2.20. The molecule has 0 unspecified atom stereocenters. The topological polar surface area (TPSA) is 15.3 Å². The van der Waals surface area contributed by atoms with Gasteiger partial charge in [0.15, 0.2) is 0 Å². The van der Waals surface area contributed by atoms with E-state index in [1.165, 1.54) is 81.7 Å². The molecule has 0 atom stereocenters. The van der Waals surface area contributed by atoms with Crippen molar-refractivity contribution in [3.8, 4) is 0 Å². The van der Waals surface area contributed by atoms with Crippen LogP contribution in [0.3, 0.4) is 0 Å². The van der Waals surface area contributed by atoms with E-state index >= 15 is 0 Å². The van der Waals surface area contributed by atoms with Crippen LogP contribution in [0.2, 0.25) is 0 Å². The highest BCUT2D eigenvalue weighted by Gasteiger charge is 2.27. The summed E-state index contributed by atoms with van der Waals surface area (Å²) in [5.41, 5.74) is 4.73. The molecule has 1 aliphatic rings. The minimum Gasteiger partial charge on any atom is -0.352 e. The minimum absolute atomic E-state index is 1.14. The number of anilines is 4. The van der Waals surface area contributed by atoms with Crippen molar-refractivity contribution >= 4 is 87.4 Å². The van der Waals surface area contributed by atoms with E-state index in [0.717, 1.165) is 5.69 Å². The van der Waals surface area contributed by atoms with Crippen LogP contribution >= 0.6 is 0 Å². The molecule has 9 rings (SSSR count). The standard InChI is InChI=1S/C37H24N2/c1-39-31-13-7-6-12-30(31)38-36-28-20-18-24-16-14-22-8-2-4-10-26(22)32(24)34(28)35-29(37(36)39)21-19-25-17-15-23-9-3-5-11-27(23)33(25)35/h2-21,38H,1H3. The first-order valence-corrected chi connectivity index (χ1v) is 13.5. The Kier molecular flexibility index (Phi) is 4.02. The number of fused-ring (bicyclic) bond motifs is 15. The first-order chi connectivity index (χ1) is 19.3. The molecule has 2 nitrogen and oxygen atoms in total. The number of para-hydroxylation sites is 2. The average molecular weight is 497 g/mol. The van der Waals surface area contributed by atoms with E-state index in [1.54, 1.807) is 0 Å². The first kappa shape index (κ1) is 20.9. The number of hydrogen-bond donors (Lipinski definition) is 1. The number of benzene rings is 8. The maximum absolute atomic E-state index is 3.86. The van der Waals surface area contributed by atoms with Gasteiger partial charge in [0.05, 0.1) is 22.7 Å². The Balaban J connectivity index is 1.63. The highest BCUT2D eigenvalue weighted by Crippen LogP contribution is 2.53. The van der Waals surface area contributed by atoms with Gasteiger partial charge >= 0.3 is 0 Å². The van der Waals surface area contributed by atoms with Crippen molar-refractivity contribution in [1.82, 2.24) is 0 Å². The maximum Gasteiger partial charge on any atom is 0.0734 e. The maximum atomic E-state index is 3.86. The van der Waals surface area contributed by atoms with Crippen LogP contribution in [0.15, 0.2) is 121 Å². The van der Waals surface area contributed by atoms with Crippen LogP contribution in [0.5, 0.6) is 0 Å². The Morgan fingerprint density at radius 2 is 0.949 bits per heavy atom. The Morgan fingerprint density at radius 3 is 1.64 bits per heavy atom. The molecular formula is C37H24N2. The van der Waals surface area contributed by atoms with Crippen LogP contribution in [0.4, 0.5) is 22.7 Å². The largest absolute Gasteiger partial charge is 0.352 e. The lowest BCUT2D eigenvalue weighted by Crippen LogP contribution is -2.18. The van der Waals surface area contributed by atoms with Crippen LogP contribution in [0.1, 0.15) is 0 Å². The molecule has 0 spiro atoms. The summed E-state index contributed by atoms with van der Waals surface area (Å²) in [6, 6.07) is 44.5. The number of nitrogens with zero attached hydrogens (tertiary/aromatic N) is 1. The molecule has 0 fully saturated rings. The molecule has 8 aromatic carbocycles. The van der Waals surface area contributed by atoms with Gasteiger partial charge in [-0.05, 0) is 55.2 Å². The van der Waals surface area contributed by atoms with E-state index < -0.39 is 0 Å². The van der Waals surface area contributed by atoms with Gasteiger partial charge in [-0.25, -0.2) is 0 Å². The van der Waals surface area contributed by atoms with Gasteiger partial charge in [-0.15, -0.1) is 0 Å². The van der Waals surface area contributed by atoms with Crippen molar-refractivity contribution in [2.45, 2.75) is 0 Å². The SMILES string of the molecule is CN1c2ccccc2Nc2c1c1ccc3ccc4ccccc4c3c1c1c2ccc2ccc3ccccc3c21. The van der Waals surface area contributed by atoms with Gasteiger partial charge in [-0.2, -0.15) is 0 Å². The molecule has 0 amide bonds. The van der Waals surface area contributed by atoms with Gasteiger partial charge < -0.3 is 10.2 Å². The zero-order valence-electron chi connectivity index (χ0n) is 21.5. The fourth-order valence-electron chi connectivity index (χ4n) is 6.98. The van der Waals surface area contributed by atoms with E-state index in [4.69, 9.17) is 0 Å². The van der Waals surface area contributed by atoms with Gasteiger partial charge in [-0.3, -0.25) is 0 Å². The Hall–Kier alpha value is -5.08. The molecule has 0 saturated heterocycles. The first-order valence-electron chi connectivity index (χ1n) is 13.5. The molecule has 8 aromatic rings. The van der Waals surface area contributed by atoms with Crippen molar-refractivity contribution in [2.24, 2.45) is 0 Å². The fourth-order valence-corrected chi connectivity index (χ4v) is 6.98. The van der Waals surface area contributed by atoms with E-state index in [0.29, 0.717) is 0 Å². The number of nitrogens with one attached hydrogen (secondary N) is 1. The summed E-state index contributed by atoms with van der Waals surface area (Å²) in [5.74, 6) is 0. The summed E-state index contributed by atoms with van der Waals surface area (Å²) < 4.78 is 0. The smallest absolute Gasteiger partial charge is 0.0734 e. The van der Waals surface area contributed by atoms with Gasteiger partial charge in [0, 0.05) is 28.6 Å². The van der Waals surface area contributed by atoms with E-state index in [2.05, 4.69) is 139 Å². The number of rotatable bonds is 0. The molecule has 1 aliphatic heterocycles. The van der Waals surface area contributed by atoms with Crippen LogP contribution in [-0.4, -0.2) is 7.05 Å². The minimum atomic E-state index is 1.14. The molecule has 39 heavy (non-hydrogen) atoms. The van der Waals surface area contributed by atoms with Crippen LogP contribution in [0.25, 0.3) is 64.6 Å². The lowest BCUT2D eigenvalue weighted by molar-refractivity contribution is 1.20. The predicted octanol–water partition coefficient (Wildman–Crippen LogP) is 10.4. The lowest BCUT2D eigenvalue weighted by Gasteiger charge is -2.34. The summed E-state index contributed by atoms with van der Waals surface area (Å²) in [4.78, 5) is 2.37. The van der Waals surface area contributed by atoms with Crippen molar-refractivity contribution in [3.63, 3.8) is 0 Å².